The van der Waals surface area contributed by atoms with E-state index in [4.69, 9.17) is 14.7 Å². The van der Waals surface area contributed by atoms with E-state index in [1.54, 1.807) is 0 Å². The molecule has 0 N–H and O–H groups in total. The number of hydrogen-bond acceptors (Lipinski definition) is 3. The summed E-state index contributed by atoms with van der Waals surface area (Å²) in [6, 6.07) is 2.19. The van der Waals surface area contributed by atoms with Crippen LogP contribution in [0.15, 0.2) is 0 Å². The number of nitrogens with zero attached hydrogens (tertiary/aromatic N) is 1. The first-order valence-electron chi connectivity index (χ1n) is 4.47. The SMILES string of the molecule is CCO[C@H](C#N)C1CCOCC1. The second-order valence-electron chi connectivity index (χ2n) is 2.95. The number of nitriles is 1. The van der Waals surface area contributed by atoms with Gasteiger partial charge in [-0.25, -0.2) is 0 Å². The summed E-state index contributed by atoms with van der Waals surface area (Å²) < 4.78 is 10.5. The van der Waals surface area contributed by atoms with E-state index in [1.165, 1.54) is 0 Å². The molecular weight excluding hydrogens is 154 g/mol. The highest BCUT2D eigenvalue weighted by Crippen LogP contribution is 2.20. The summed E-state index contributed by atoms with van der Waals surface area (Å²) in [6.45, 7) is 4.09. The van der Waals surface area contributed by atoms with Gasteiger partial charge in [-0.1, -0.05) is 0 Å². The van der Waals surface area contributed by atoms with Crippen molar-refractivity contribution in [2.24, 2.45) is 5.92 Å². The van der Waals surface area contributed by atoms with Crippen molar-refractivity contribution in [3.05, 3.63) is 0 Å². The van der Waals surface area contributed by atoms with Crippen molar-refractivity contribution >= 4 is 0 Å². The molecule has 3 heteroatoms. The highest BCUT2D eigenvalue weighted by molar-refractivity contribution is 4.90. The monoisotopic (exact) mass is 169 g/mol. The predicted molar refractivity (Wildman–Crippen MR) is 44.6 cm³/mol. The lowest BCUT2D eigenvalue weighted by molar-refractivity contribution is -0.00436. The second kappa shape index (κ2) is 5.13. The van der Waals surface area contributed by atoms with Crippen LogP contribution in [-0.2, 0) is 9.47 Å². The lowest BCUT2D eigenvalue weighted by Gasteiger charge is -2.25. The van der Waals surface area contributed by atoms with Gasteiger partial charge in [-0.15, -0.1) is 0 Å². The van der Waals surface area contributed by atoms with Crippen molar-refractivity contribution in [3.8, 4) is 6.07 Å². The zero-order valence-corrected chi connectivity index (χ0v) is 7.45. The Hall–Kier alpha value is -0.590. The van der Waals surface area contributed by atoms with Gasteiger partial charge < -0.3 is 9.47 Å². The second-order valence-corrected chi connectivity index (χ2v) is 2.95. The average Bonchev–Trinajstić information content (AvgIpc) is 2.15. The third-order valence-corrected chi connectivity index (χ3v) is 2.17. The maximum Gasteiger partial charge on any atom is 0.146 e. The molecule has 12 heavy (non-hydrogen) atoms. The fourth-order valence-corrected chi connectivity index (χ4v) is 1.48. The molecule has 3 nitrogen and oxygen atoms in total. The van der Waals surface area contributed by atoms with Crippen LogP contribution in [0.25, 0.3) is 0 Å². The fraction of sp³-hybridized carbons (Fsp3) is 0.889. The molecule has 0 bridgehead atoms. The van der Waals surface area contributed by atoms with E-state index < -0.39 is 0 Å². The van der Waals surface area contributed by atoms with Crippen LogP contribution in [0.3, 0.4) is 0 Å². The molecule has 1 aliphatic rings. The Bertz CT molecular complexity index is 158. The van der Waals surface area contributed by atoms with Gasteiger partial charge in [0.1, 0.15) is 6.10 Å². The normalized spacial score (nSPS) is 21.7. The molecule has 1 fully saturated rings. The first-order valence-corrected chi connectivity index (χ1v) is 4.47. The van der Waals surface area contributed by atoms with Gasteiger partial charge in [-0.3, -0.25) is 0 Å². The van der Waals surface area contributed by atoms with Crippen LogP contribution in [0, 0.1) is 17.2 Å². The van der Waals surface area contributed by atoms with Crippen LogP contribution in [0.4, 0.5) is 0 Å². The predicted octanol–water partition coefficient (Wildman–Crippen LogP) is 1.34. The molecule has 1 saturated heterocycles. The van der Waals surface area contributed by atoms with E-state index in [-0.39, 0.29) is 6.10 Å². The van der Waals surface area contributed by atoms with E-state index in [0.717, 1.165) is 26.1 Å². The highest BCUT2D eigenvalue weighted by atomic mass is 16.5. The topological polar surface area (TPSA) is 42.2 Å². The Labute approximate surface area is 73.3 Å². The molecule has 0 aromatic heterocycles. The van der Waals surface area contributed by atoms with Crippen LogP contribution in [0.5, 0.6) is 0 Å². The van der Waals surface area contributed by atoms with Gasteiger partial charge in [0.05, 0.1) is 6.07 Å². The molecule has 0 aliphatic carbocycles. The summed E-state index contributed by atoms with van der Waals surface area (Å²) in [7, 11) is 0. The molecule has 0 amide bonds. The number of hydrogen-bond donors (Lipinski definition) is 0. The van der Waals surface area contributed by atoms with Crippen molar-refractivity contribution in [1.29, 1.82) is 5.26 Å². The van der Waals surface area contributed by atoms with E-state index in [9.17, 15) is 0 Å². The van der Waals surface area contributed by atoms with Crippen LogP contribution in [0.1, 0.15) is 19.8 Å². The molecule has 0 spiro atoms. The third-order valence-electron chi connectivity index (χ3n) is 2.17. The molecule has 0 radical (unpaired) electrons. The fourth-order valence-electron chi connectivity index (χ4n) is 1.48. The van der Waals surface area contributed by atoms with Gasteiger partial charge in [0, 0.05) is 25.7 Å². The zero-order chi connectivity index (χ0) is 8.81. The Morgan fingerprint density at radius 3 is 2.75 bits per heavy atom. The zero-order valence-electron chi connectivity index (χ0n) is 7.45. The summed E-state index contributed by atoms with van der Waals surface area (Å²) in [4.78, 5) is 0. The Balaban J connectivity index is 2.36. The maximum atomic E-state index is 8.79. The minimum absolute atomic E-state index is 0.223. The molecule has 1 rings (SSSR count). The summed E-state index contributed by atoms with van der Waals surface area (Å²) in [5.41, 5.74) is 0. The van der Waals surface area contributed by atoms with E-state index >= 15 is 0 Å². The van der Waals surface area contributed by atoms with Gasteiger partial charge in [0.2, 0.25) is 0 Å². The van der Waals surface area contributed by atoms with Crippen molar-refractivity contribution in [3.63, 3.8) is 0 Å². The summed E-state index contributed by atoms with van der Waals surface area (Å²) >= 11 is 0. The Morgan fingerprint density at radius 1 is 1.58 bits per heavy atom. The first kappa shape index (κ1) is 9.50. The van der Waals surface area contributed by atoms with Crippen LogP contribution >= 0.6 is 0 Å². The smallest absolute Gasteiger partial charge is 0.146 e. The van der Waals surface area contributed by atoms with E-state index in [2.05, 4.69) is 6.07 Å². The van der Waals surface area contributed by atoms with Crippen LogP contribution in [-0.4, -0.2) is 25.9 Å². The Kier molecular flexibility index (Phi) is 4.06. The average molecular weight is 169 g/mol. The number of rotatable bonds is 3. The van der Waals surface area contributed by atoms with E-state index in [0.29, 0.717) is 12.5 Å². The minimum atomic E-state index is -0.223. The molecule has 1 aliphatic heterocycles. The lowest BCUT2D eigenvalue weighted by atomic mass is 9.95. The summed E-state index contributed by atoms with van der Waals surface area (Å²) in [5, 5.41) is 8.79. The van der Waals surface area contributed by atoms with Crippen molar-refractivity contribution in [2.75, 3.05) is 19.8 Å². The maximum absolute atomic E-state index is 8.79. The van der Waals surface area contributed by atoms with E-state index in [1.807, 2.05) is 6.92 Å². The van der Waals surface area contributed by atoms with Crippen molar-refractivity contribution in [2.45, 2.75) is 25.9 Å². The van der Waals surface area contributed by atoms with Crippen molar-refractivity contribution in [1.82, 2.24) is 0 Å². The molecular formula is C9H15NO2. The minimum Gasteiger partial charge on any atom is -0.381 e. The highest BCUT2D eigenvalue weighted by Gasteiger charge is 2.23. The van der Waals surface area contributed by atoms with Crippen molar-refractivity contribution < 1.29 is 9.47 Å². The van der Waals surface area contributed by atoms with Gasteiger partial charge in [0.15, 0.2) is 0 Å². The molecule has 0 saturated carbocycles. The quantitative estimate of drug-likeness (QED) is 0.640. The van der Waals surface area contributed by atoms with Crippen LogP contribution in [0.2, 0.25) is 0 Å². The lowest BCUT2D eigenvalue weighted by Crippen LogP contribution is -2.28. The molecule has 0 aromatic carbocycles. The Morgan fingerprint density at radius 2 is 2.25 bits per heavy atom. The first-order chi connectivity index (χ1) is 5.88. The molecule has 0 aromatic rings. The van der Waals surface area contributed by atoms with Gasteiger partial charge in [-0.2, -0.15) is 5.26 Å². The van der Waals surface area contributed by atoms with Gasteiger partial charge >= 0.3 is 0 Å². The molecule has 0 unspecified atom stereocenters. The largest absolute Gasteiger partial charge is 0.381 e. The molecule has 68 valence electrons. The van der Waals surface area contributed by atoms with Gasteiger partial charge in [0.25, 0.3) is 0 Å². The van der Waals surface area contributed by atoms with Crippen LogP contribution < -0.4 is 0 Å². The number of ether oxygens (including phenoxy) is 2. The summed E-state index contributed by atoms with van der Waals surface area (Å²) in [5.74, 6) is 0.378. The van der Waals surface area contributed by atoms with Gasteiger partial charge in [-0.05, 0) is 19.8 Å². The molecule has 1 heterocycles. The standard InChI is InChI=1S/C9H15NO2/c1-2-12-9(7-10)8-3-5-11-6-4-8/h8-9H,2-6H2,1H3/t9-/m1/s1. The molecule has 1 atom stereocenters. The summed E-state index contributed by atoms with van der Waals surface area (Å²) in [6.07, 6.45) is 1.69. The third kappa shape index (κ3) is 2.47.